The van der Waals surface area contributed by atoms with Crippen molar-refractivity contribution in [1.82, 2.24) is 24.4 Å². The van der Waals surface area contributed by atoms with E-state index in [-0.39, 0.29) is 5.92 Å². The first kappa shape index (κ1) is 17.8. The molecule has 2 aromatic rings. The van der Waals surface area contributed by atoms with E-state index in [1.807, 2.05) is 22.9 Å². The van der Waals surface area contributed by atoms with Crippen molar-refractivity contribution in [2.45, 2.75) is 19.6 Å². The topological polar surface area (TPSA) is 89.3 Å². The molecule has 0 unspecified atom stereocenters. The quantitative estimate of drug-likeness (QED) is 0.800. The minimum absolute atomic E-state index is 0.124. The molecule has 0 saturated heterocycles. The highest BCUT2D eigenvalue weighted by Gasteiger charge is 2.24. The largest absolute Gasteiger partial charge is 0.481 e. The maximum absolute atomic E-state index is 11.4. The van der Waals surface area contributed by atoms with E-state index in [1.54, 1.807) is 19.5 Å². The summed E-state index contributed by atoms with van der Waals surface area (Å²) < 4.78 is 32.8. The zero-order valence-corrected chi connectivity index (χ0v) is 15.2. The van der Waals surface area contributed by atoms with Gasteiger partial charge in [0.2, 0.25) is 15.9 Å². The Morgan fingerprint density at radius 3 is 2.92 bits per heavy atom. The van der Waals surface area contributed by atoms with Gasteiger partial charge in [0.05, 0.1) is 19.1 Å². The smallest absolute Gasteiger partial charge is 0.217 e. The van der Waals surface area contributed by atoms with Gasteiger partial charge in [-0.3, -0.25) is 9.58 Å². The third kappa shape index (κ3) is 4.77. The Morgan fingerprint density at radius 1 is 1.32 bits per heavy atom. The first-order valence-electron chi connectivity index (χ1n) is 8.10. The standard InChI is InChI=1S/C16H23N5O3S/c1-24-16-14(4-3-6-17-16)11-20-9-13(8-19-25(2,22)23)10-21-15(12-20)5-7-18-21/h3-7,13,19H,8-12H2,1-2H3/t13-/m1/s1. The summed E-state index contributed by atoms with van der Waals surface area (Å²) in [7, 11) is -1.60. The normalized spacial score (nSPS) is 18.6. The molecule has 1 aliphatic heterocycles. The molecular weight excluding hydrogens is 342 g/mol. The maximum Gasteiger partial charge on any atom is 0.217 e. The number of nitrogens with one attached hydrogen (secondary N) is 1. The SMILES string of the molecule is COc1ncccc1CN1Cc2ccnn2C[C@H](CNS(C)(=O)=O)C1. The summed E-state index contributed by atoms with van der Waals surface area (Å²) in [5.41, 5.74) is 2.12. The van der Waals surface area contributed by atoms with Crippen LogP contribution in [0.5, 0.6) is 5.88 Å². The predicted molar refractivity (Wildman–Crippen MR) is 93.5 cm³/mol. The van der Waals surface area contributed by atoms with Crippen molar-refractivity contribution in [3.05, 3.63) is 41.9 Å². The second kappa shape index (κ2) is 7.51. The van der Waals surface area contributed by atoms with E-state index in [2.05, 4.69) is 19.7 Å². The Morgan fingerprint density at radius 2 is 2.16 bits per heavy atom. The number of fused-ring (bicyclic) bond motifs is 1. The number of ether oxygens (including phenoxy) is 1. The Kier molecular flexibility index (Phi) is 5.36. The number of hydrogen-bond donors (Lipinski definition) is 1. The highest BCUT2D eigenvalue weighted by Crippen LogP contribution is 2.21. The molecular formula is C16H23N5O3S. The molecule has 3 heterocycles. The molecule has 25 heavy (non-hydrogen) atoms. The zero-order chi connectivity index (χ0) is 17.9. The van der Waals surface area contributed by atoms with E-state index >= 15 is 0 Å². The Labute approximate surface area is 147 Å². The average Bonchev–Trinajstić information content (AvgIpc) is 2.92. The van der Waals surface area contributed by atoms with Gasteiger partial charge in [0.15, 0.2) is 0 Å². The summed E-state index contributed by atoms with van der Waals surface area (Å²) in [6.45, 7) is 3.25. The number of nitrogens with zero attached hydrogens (tertiary/aromatic N) is 4. The van der Waals surface area contributed by atoms with E-state index in [0.717, 1.165) is 24.3 Å². The van der Waals surface area contributed by atoms with E-state index in [1.165, 1.54) is 6.26 Å². The van der Waals surface area contributed by atoms with E-state index in [0.29, 0.717) is 25.5 Å². The second-order valence-electron chi connectivity index (χ2n) is 6.33. The fraction of sp³-hybridized carbons (Fsp3) is 0.500. The Balaban J connectivity index is 1.78. The van der Waals surface area contributed by atoms with E-state index in [4.69, 9.17) is 4.74 Å². The third-order valence-corrected chi connectivity index (χ3v) is 4.90. The third-order valence-electron chi connectivity index (χ3n) is 4.21. The highest BCUT2D eigenvalue weighted by molar-refractivity contribution is 7.88. The van der Waals surface area contributed by atoms with Gasteiger partial charge in [0.25, 0.3) is 0 Å². The van der Waals surface area contributed by atoms with E-state index in [9.17, 15) is 8.42 Å². The van der Waals surface area contributed by atoms with Crippen LogP contribution in [0.2, 0.25) is 0 Å². The summed E-state index contributed by atoms with van der Waals surface area (Å²) >= 11 is 0. The molecule has 0 aromatic carbocycles. The van der Waals surface area contributed by atoms with Gasteiger partial charge in [0, 0.05) is 56.6 Å². The first-order valence-corrected chi connectivity index (χ1v) is 9.99. The monoisotopic (exact) mass is 365 g/mol. The van der Waals surface area contributed by atoms with Crippen LogP contribution in [-0.2, 0) is 29.7 Å². The van der Waals surface area contributed by atoms with Gasteiger partial charge in [-0.05, 0) is 12.1 Å². The number of sulfonamides is 1. The van der Waals surface area contributed by atoms with Crippen LogP contribution >= 0.6 is 0 Å². The number of aromatic nitrogens is 3. The van der Waals surface area contributed by atoms with E-state index < -0.39 is 10.0 Å². The van der Waals surface area contributed by atoms with Crippen molar-refractivity contribution in [2.24, 2.45) is 5.92 Å². The van der Waals surface area contributed by atoms with Crippen molar-refractivity contribution in [3.63, 3.8) is 0 Å². The first-order chi connectivity index (χ1) is 11.9. The highest BCUT2D eigenvalue weighted by atomic mass is 32.2. The summed E-state index contributed by atoms with van der Waals surface area (Å²) in [6, 6.07) is 5.89. The van der Waals surface area contributed by atoms with Gasteiger partial charge in [-0.1, -0.05) is 6.07 Å². The molecule has 0 saturated carbocycles. The number of methoxy groups -OCH3 is 1. The molecule has 0 aliphatic carbocycles. The fourth-order valence-corrected chi connectivity index (χ4v) is 3.65. The molecule has 9 heteroatoms. The van der Waals surface area contributed by atoms with Gasteiger partial charge in [-0.15, -0.1) is 0 Å². The summed E-state index contributed by atoms with van der Waals surface area (Å²) in [5.74, 6) is 0.740. The lowest BCUT2D eigenvalue weighted by molar-refractivity contribution is 0.218. The number of pyridine rings is 1. The molecule has 1 atom stereocenters. The molecule has 0 bridgehead atoms. The lowest BCUT2D eigenvalue weighted by atomic mass is 10.1. The van der Waals surface area contributed by atoms with Crippen LogP contribution in [0.1, 0.15) is 11.3 Å². The molecule has 136 valence electrons. The maximum atomic E-state index is 11.4. The fourth-order valence-electron chi connectivity index (χ4n) is 3.11. The molecule has 8 nitrogen and oxygen atoms in total. The predicted octanol–water partition coefficient (Wildman–Crippen LogP) is 0.468. The van der Waals surface area contributed by atoms with Crippen LogP contribution in [0.15, 0.2) is 30.6 Å². The van der Waals surface area contributed by atoms with Gasteiger partial charge in [-0.25, -0.2) is 18.1 Å². The molecule has 1 aliphatic rings. The van der Waals surface area contributed by atoms with Crippen LogP contribution in [0.25, 0.3) is 0 Å². The minimum atomic E-state index is -3.21. The van der Waals surface area contributed by atoms with Gasteiger partial charge >= 0.3 is 0 Å². The molecule has 1 N–H and O–H groups in total. The minimum Gasteiger partial charge on any atom is -0.481 e. The number of rotatable bonds is 6. The lowest BCUT2D eigenvalue weighted by Gasteiger charge is -2.24. The van der Waals surface area contributed by atoms with Crippen molar-refractivity contribution < 1.29 is 13.2 Å². The number of hydrogen-bond acceptors (Lipinski definition) is 6. The van der Waals surface area contributed by atoms with Crippen LogP contribution in [0, 0.1) is 5.92 Å². The van der Waals surface area contributed by atoms with Gasteiger partial charge in [-0.2, -0.15) is 5.10 Å². The van der Waals surface area contributed by atoms with Crippen LogP contribution in [0.4, 0.5) is 0 Å². The molecule has 0 radical (unpaired) electrons. The average molecular weight is 365 g/mol. The Hall–Kier alpha value is -1.97. The molecule has 0 spiro atoms. The van der Waals surface area contributed by atoms with Gasteiger partial charge in [0.1, 0.15) is 0 Å². The second-order valence-corrected chi connectivity index (χ2v) is 8.17. The lowest BCUT2D eigenvalue weighted by Crippen LogP contribution is -2.36. The molecule has 3 rings (SSSR count). The van der Waals surface area contributed by atoms with Crippen LogP contribution in [-0.4, -0.2) is 54.5 Å². The molecule has 0 amide bonds. The Bertz CT molecular complexity index is 821. The van der Waals surface area contributed by atoms with Crippen LogP contribution < -0.4 is 9.46 Å². The molecule has 2 aromatic heterocycles. The van der Waals surface area contributed by atoms with Gasteiger partial charge < -0.3 is 4.74 Å². The van der Waals surface area contributed by atoms with Crippen molar-refractivity contribution in [3.8, 4) is 5.88 Å². The van der Waals surface area contributed by atoms with Crippen molar-refractivity contribution >= 4 is 10.0 Å². The summed E-state index contributed by atoms with van der Waals surface area (Å²) in [6.07, 6.45) is 4.67. The van der Waals surface area contributed by atoms with Crippen molar-refractivity contribution in [1.29, 1.82) is 0 Å². The van der Waals surface area contributed by atoms with Crippen molar-refractivity contribution in [2.75, 3.05) is 26.5 Å². The zero-order valence-electron chi connectivity index (χ0n) is 14.4. The summed E-state index contributed by atoms with van der Waals surface area (Å²) in [5, 5.41) is 4.36. The molecule has 0 fully saturated rings. The van der Waals surface area contributed by atoms with Crippen LogP contribution in [0.3, 0.4) is 0 Å². The summed E-state index contributed by atoms with van der Waals surface area (Å²) in [4.78, 5) is 6.52.